The Balaban J connectivity index is 0.00000289. The van der Waals surface area contributed by atoms with Gasteiger partial charge in [0.05, 0.1) is 5.69 Å². The van der Waals surface area contributed by atoms with Crippen LogP contribution in [0, 0.1) is 13.8 Å². The van der Waals surface area contributed by atoms with Crippen LogP contribution < -0.4 is 0 Å². The van der Waals surface area contributed by atoms with Crippen molar-refractivity contribution in [1.29, 1.82) is 0 Å². The molecule has 0 bridgehead atoms. The second-order valence-corrected chi connectivity index (χ2v) is 9.80. The highest BCUT2D eigenvalue weighted by Gasteiger charge is 2.26. The molecule has 1 aliphatic heterocycles. The van der Waals surface area contributed by atoms with E-state index in [0.717, 1.165) is 32.6 Å². The van der Waals surface area contributed by atoms with E-state index < -0.39 is 0 Å². The van der Waals surface area contributed by atoms with Gasteiger partial charge in [-0.25, -0.2) is 0 Å². The lowest BCUT2D eigenvalue weighted by atomic mass is 9.84. The molecule has 4 heteroatoms. The molecule has 1 aliphatic rings. The molecule has 2 heterocycles. The number of nitrogens with zero attached hydrogens (tertiary/aromatic N) is 2. The Hall–Kier alpha value is -2.59. The number of aliphatic hydroxyl groups excluding tert-OH is 1. The van der Waals surface area contributed by atoms with Crippen LogP contribution in [0.1, 0.15) is 47.4 Å². The zero-order valence-electron chi connectivity index (χ0n) is 20.9. The molecule has 0 amide bonds. The highest BCUT2D eigenvalue weighted by molar-refractivity contribution is 5.92. The van der Waals surface area contributed by atoms with Gasteiger partial charge in [-0.1, -0.05) is 66.7 Å². The number of benzene rings is 3. The summed E-state index contributed by atoms with van der Waals surface area (Å²) >= 11 is 0. The Morgan fingerprint density at radius 3 is 2.17 bits per heavy atom. The van der Waals surface area contributed by atoms with Gasteiger partial charge in [-0.3, -0.25) is 4.90 Å². The third-order valence-corrected chi connectivity index (χ3v) is 7.58. The average Bonchev–Trinajstić information content (AvgIpc) is 3.17. The smallest absolute Gasteiger partial charge is 0.0537 e. The number of piperidine rings is 1. The van der Waals surface area contributed by atoms with Crippen molar-refractivity contribution in [3.8, 4) is 11.3 Å². The summed E-state index contributed by atoms with van der Waals surface area (Å²) in [4.78, 5) is 2.65. The van der Waals surface area contributed by atoms with Crippen molar-refractivity contribution < 1.29 is 5.11 Å². The summed E-state index contributed by atoms with van der Waals surface area (Å²) < 4.78 is 2.43. The molecule has 5 rings (SSSR count). The van der Waals surface area contributed by atoms with E-state index in [0.29, 0.717) is 5.92 Å². The minimum atomic E-state index is 0. The topological polar surface area (TPSA) is 28.4 Å². The van der Waals surface area contributed by atoms with Gasteiger partial charge in [-0.2, -0.15) is 0 Å². The third-order valence-electron chi connectivity index (χ3n) is 7.58. The SMILES string of the molecule is Cc1cccc(C)c1C1CCN(Cc2c(-c3ccccc3)n(CCCO)c3ccccc23)CC1.Cl. The maximum Gasteiger partial charge on any atom is 0.0537 e. The maximum atomic E-state index is 9.57. The molecule has 0 spiro atoms. The predicted octanol–water partition coefficient (Wildman–Crippen LogP) is 7.11. The van der Waals surface area contributed by atoms with Gasteiger partial charge in [0.15, 0.2) is 0 Å². The van der Waals surface area contributed by atoms with Gasteiger partial charge in [0.1, 0.15) is 0 Å². The van der Waals surface area contributed by atoms with Crippen molar-refractivity contribution >= 4 is 23.3 Å². The normalized spacial score (nSPS) is 14.8. The second-order valence-electron chi connectivity index (χ2n) is 9.80. The van der Waals surface area contributed by atoms with Crippen molar-refractivity contribution in [3.63, 3.8) is 0 Å². The number of hydrogen-bond donors (Lipinski definition) is 1. The average molecular weight is 489 g/mol. The number of fused-ring (bicyclic) bond motifs is 1. The van der Waals surface area contributed by atoms with E-state index in [9.17, 15) is 5.11 Å². The first kappa shape index (κ1) is 25.5. The number of rotatable bonds is 7. The van der Waals surface area contributed by atoms with Crippen LogP contribution in [-0.4, -0.2) is 34.3 Å². The van der Waals surface area contributed by atoms with Gasteiger partial charge in [0, 0.05) is 30.6 Å². The van der Waals surface area contributed by atoms with Crippen LogP contribution in [-0.2, 0) is 13.1 Å². The number of hydrogen-bond acceptors (Lipinski definition) is 2. The molecule has 0 atom stereocenters. The van der Waals surface area contributed by atoms with E-state index in [-0.39, 0.29) is 19.0 Å². The van der Waals surface area contributed by atoms with Crippen molar-refractivity contribution in [2.24, 2.45) is 0 Å². The van der Waals surface area contributed by atoms with Crippen molar-refractivity contribution in [2.75, 3.05) is 19.7 Å². The number of aliphatic hydroxyl groups is 1. The first-order valence-corrected chi connectivity index (χ1v) is 12.7. The molecule has 1 aromatic heterocycles. The molecule has 35 heavy (non-hydrogen) atoms. The lowest BCUT2D eigenvalue weighted by Crippen LogP contribution is -2.33. The van der Waals surface area contributed by atoms with Gasteiger partial charge in [-0.05, 0) is 86.0 Å². The zero-order chi connectivity index (χ0) is 23.5. The van der Waals surface area contributed by atoms with E-state index >= 15 is 0 Å². The van der Waals surface area contributed by atoms with Crippen LogP contribution >= 0.6 is 12.4 Å². The van der Waals surface area contributed by atoms with Crippen molar-refractivity contribution in [2.45, 2.75) is 52.1 Å². The number of halogens is 1. The molecule has 0 saturated carbocycles. The molecule has 0 aliphatic carbocycles. The summed E-state index contributed by atoms with van der Waals surface area (Å²) in [6.45, 7) is 8.80. The van der Waals surface area contributed by atoms with E-state index in [1.54, 1.807) is 5.56 Å². The molecule has 184 valence electrons. The second kappa shape index (κ2) is 11.4. The number of aromatic nitrogens is 1. The molecular formula is C31H37ClN2O. The fourth-order valence-electron chi connectivity index (χ4n) is 6.00. The monoisotopic (exact) mass is 488 g/mol. The van der Waals surface area contributed by atoms with Crippen LogP contribution in [0.3, 0.4) is 0 Å². The van der Waals surface area contributed by atoms with Gasteiger partial charge < -0.3 is 9.67 Å². The minimum Gasteiger partial charge on any atom is -0.396 e. The standard InChI is InChI=1S/C31H36N2O.ClH/c1-23-10-8-11-24(2)30(23)25-16-19-32(20-17-25)22-28-27-14-6-7-15-29(27)33(18-9-21-34)31(28)26-12-4-3-5-13-26;/h3-8,10-15,25,34H,9,16-22H2,1-2H3;1H. The van der Waals surface area contributed by atoms with Crippen LogP contribution in [0.2, 0.25) is 0 Å². The van der Waals surface area contributed by atoms with Crippen molar-refractivity contribution in [3.05, 3.63) is 95.1 Å². The summed E-state index contributed by atoms with van der Waals surface area (Å²) in [7, 11) is 0. The van der Waals surface area contributed by atoms with Crippen LogP contribution in [0.25, 0.3) is 22.2 Å². The number of aryl methyl sites for hydroxylation is 3. The molecule has 0 radical (unpaired) electrons. The maximum absolute atomic E-state index is 9.57. The molecule has 1 N–H and O–H groups in total. The molecule has 1 saturated heterocycles. The largest absolute Gasteiger partial charge is 0.396 e. The Labute approximate surface area is 215 Å². The molecule has 3 aromatic carbocycles. The van der Waals surface area contributed by atoms with Crippen LogP contribution in [0.5, 0.6) is 0 Å². The van der Waals surface area contributed by atoms with E-state index in [4.69, 9.17) is 0 Å². The lowest BCUT2D eigenvalue weighted by molar-refractivity contribution is 0.205. The van der Waals surface area contributed by atoms with Crippen LogP contribution in [0.4, 0.5) is 0 Å². The summed E-state index contributed by atoms with van der Waals surface area (Å²) in [6, 6.07) is 26.3. The third kappa shape index (κ3) is 5.18. The fraction of sp³-hybridized carbons (Fsp3) is 0.355. The number of para-hydroxylation sites is 1. The summed E-state index contributed by atoms with van der Waals surface area (Å²) in [5.74, 6) is 0.664. The first-order valence-electron chi connectivity index (χ1n) is 12.7. The zero-order valence-corrected chi connectivity index (χ0v) is 21.7. The highest BCUT2D eigenvalue weighted by Crippen LogP contribution is 2.37. The summed E-state index contributed by atoms with van der Waals surface area (Å²) in [5, 5.41) is 10.9. The highest BCUT2D eigenvalue weighted by atomic mass is 35.5. The molecule has 3 nitrogen and oxygen atoms in total. The van der Waals surface area contributed by atoms with Gasteiger partial charge >= 0.3 is 0 Å². The predicted molar refractivity (Wildman–Crippen MR) is 149 cm³/mol. The number of likely N-dealkylation sites (tertiary alicyclic amines) is 1. The van der Waals surface area contributed by atoms with Gasteiger partial charge in [0.25, 0.3) is 0 Å². The van der Waals surface area contributed by atoms with E-state index in [2.05, 4.69) is 96.1 Å². The van der Waals surface area contributed by atoms with E-state index in [1.165, 1.54) is 51.7 Å². The Morgan fingerprint density at radius 2 is 1.49 bits per heavy atom. The Kier molecular flexibility index (Phi) is 8.33. The Morgan fingerprint density at radius 1 is 0.829 bits per heavy atom. The summed E-state index contributed by atoms with van der Waals surface area (Å²) in [5.41, 5.74) is 9.73. The van der Waals surface area contributed by atoms with Gasteiger partial charge in [0.2, 0.25) is 0 Å². The fourth-order valence-corrected chi connectivity index (χ4v) is 6.00. The van der Waals surface area contributed by atoms with Gasteiger partial charge in [-0.15, -0.1) is 12.4 Å². The molecular weight excluding hydrogens is 452 g/mol. The lowest BCUT2D eigenvalue weighted by Gasteiger charge is -2.33. The van der Waals surface area contributed by atoms with E-state index in [1.807, 2.05) is 0 Å². The molecule has 4 aromatic rings. The summed E-state index contributed by atoms with van der Waals surface area (Å²) in [6.07, 6.45) is 3.20. The molecule has 0 unspecified atom stereocenters. The molecule has 1 fully saturated rings. The Bertz CT molecular complexity index is 1240. The van der Waals surface area contributed by atoms with Crippen molar-refractivity contribution in [1.82, 2.24) is 9.47 Å². The van der Waals surface area contributed by atoms with Crippen LogP contribution in [0.15, 0.2) is 72.8 Å². The first-order chi connectivity index (χ1) is 16.7. The minimum absolute atomic E-state index is 0. The quantitative estimate of drug-likeness (QED) is 0.300.